The van der Waals surface area contributed by atoms with Crippen LogP contribution >= 0.6 is 0 Å². The lowest BCUT2D eigenvalue weighted by atomic mass is 9.77. The molecule has 8 rings (SSSR count). The van der Waals surface area contributed by atoms with Crippen LogP contribution in [0.2, 0.25) is 0 Å². The van der Waals surface area contributed by atoms with Gasteiger partial charge in [-0.05, 0) is 56.6 Å². The number of tetrazole rings is 1. The van der Waals surface area contributed by atoms with Gasteiger partial charge in [-0.15, -0.1) is 14.8 Å². The monoisotopic (exact) mass is 668 g/mol. The smallest absolute Gasteiger partial charge is 0.184 e. The topological polar surface area (TPSA) is 78.7 Å². The van der Waals surface area contributed by atoms with Crippen LogP contribution in [0.5, 0.6) is 0 Å². The number of benzene rings is 5. The average Bonchev–Trinajstić information content (AvgIpc) is 3.91. The summed E-state index contributed by atoms with van der Waals surface area (Å²) in [5, 5.41) is 23.5. The Morgan fingerprint density at radius 2 is 1.16 bits per heavy atom. The van der Waals surface area contributed by atoms with Gasteiger partial charge >= 0.3 is 0 Å². The Hall–Kier alpha value is -6.15. The van der Waals surface area contributed by atoms with Gasteiger partial charge < -0.3 is 4.57 Å². The molecule has 8 nitrogen and oxygen atoms in total. The molecule has 0 amide bonds. The first-order valence-electron chi connectivity index (χ1n) is 17.8. The third-order valence-corrected chi connectivity index (χ3v) is 9.64. The fourth-order valence-corrected chi connectivity index (χ4v) is 7.31. The molecule has 252 valence electrons. The van der Waals surface area contributed by atoms with E-state index in [-0.39, 0.29) is 0 Å². The van der Waals surface area contributed by atoms with E-state index in [9.17, 15) is 0 Å². The van der Waals surface area contributed by atoms with Crippen LogP contribution in [0.25, 0.3) is 28.2 Å². The molecule has 0 bridgehead atoms. The highest BCUT2D eigenvalue weighted by molar-refractivity contribution is 5.81. The fraction of sp³-hybridized carbons (Fsp3) is 0.186. The van der Waals surface area contributed by atoms with Crippen molar-refractivity contribution in [1.82, 2.24) is 39.6 Å². The Kier molecular flexibility index (Phi) is 8.80. The molecule has 0 aliphatic heterocycles. The Morgan fingerprint density at radius 3 is 1.75 bits per heavy atom. The van der Waals surface area contributed by atoms with E-state index in [1.807, 2.05) is 27.5 Å². The summed E-state index contributed by atoms with van der Waals surface area (Å²) in [6, 6.07) is 51.0. The van der Waals surface area contributed by atoms with E-state index >= 15 is 0 Å². The van der Waals surface area contributed by atoms with Crippen molar-refractivity contribution in [3.8, 4) is 22.5 Å². The van der Waals surface area contributed by atoms with Crippen LogP contribution in [-0.2, 0) is 24.9 Å². The Balaban J connectivity index is 1.22. The van der Waals surface area contributed by atoms with Crippen LogP contribution in [-0.4, -0.2) is 39.6 Å². The number of fused-ring (bicyclic) bond motifs is 1. The van der Waals surface area contributed by atoms with Crippen LogP contribution in [0.4, 0.5) is 0 Å². The fourth-order valence-electron chi connectivity index (χ4n) is 7.31. The predicted octanol–water partition coefficient (Wildman–Crippen LogP) is 8.64. The van der Waals surface area contributed by atoms with E-state index in [4.69, 9.17) is 20.5 Å². The van der Waals surface area contributed by atoms with Crippen LogP contribution < -0.4 is 0 Å². The van der Waals surface area contributed by atoms with E-state index in [1.54, 1.807) is 0 Å². The minimum absolute atomic E-state index is 0.680. The molecule has 0 aliphatic rings. The SMILES string of the molecule is CCCc1cc2n(Cc3ccc(-c4ccccc4-c4nnnn4C(c4ccccc4)(c4ccccc4)c4ccccc4)cc3)c(CCC)nn2n1. The third kappa shape index (κ3) is 5.82. The summed E-state index contributed by atoms with van der Waals surface area (Å²) in [7, 11) is 0. The van der Waals surface area contributed by atoms with Crippen molar-refractivity contribution in [3.05, 3.63) is 179 Å². The molecule has 5 aromatic carbocycles. The second-order valence-corrected chi connectivity index (χ2v) is 13.0. The first-order valence-corrected chi connectivity index (χ1v) is 17.8. The lowest BCUT2D eigenvalue weighted by Crippen LogP contribution is -2.39. The minimum Gasteiger partial charge on any atom is -0.307 e. The summed E-state index contributed by atoms with van der Waals surface area (Å²) >= 11 is 0. The summed E-state index contributed by atoms with van der Waals surface area (Å²) < 4.78 is 6.12. The standard InChI is InChI=1S/C43H40N8/c1-3-16-37-30-41-49(40(17-4-2)46-51(41)45-37)31-32-26-28-33(29-27-32)38-24-14-15-25-39(38)42-44-47-48-50(42)43(34-18-8-5-9-19-34,35-20-10-6-11-21-35)36-22-12-7-13-23-36/h5-15,18-30H,3-4,16-17,31H2,1-2H3. The van der Waals surface area contributed by atoms with Crippen molar-refractivity contribution >= 4 is 5.65 Å². The zero-order valence-corrected chi connectivity index (χ0v) is 29.0. The molecular formula is C43H40N8. The van der Waals surface area contributed by atoms with Gasteiger partial charge in [-0.25, -0.2) is 4.68 Å². The summed E-state index contributed by atoms with van der Waals surface area (Å²) in [6.45, 7) is 5.10. The summed E-state index contributed by atoms with van der Waals surface area (Å²) in [4.78, 5) is 0. The van der Waals surface area contributed by atoms with Gasteiger partial charge in [-0.3, -0.25) is 0 Å². The molecule has 8 heteroatoms. The predicted molar refractivity (Wildman–Crippen MR) is 201 cm³/mol. The molecule has 0 spiro atoms. The number of nitrogens with zero attached hydrogens (tertiary/aromatic N) is 8. The van der Waals surface area contributed by atoms with Gasteiger partial charge in [-0.1, -0.05) is 160 Å². The minimum atomic E-state index is -0.837. The Labute approximate surface area is 298 Å². The molecule has 0 saturated carbocycles. The van der Waals surface area contributed by atoms with Crippen molar-refractivity contribution in [2.75, 3.05) is 0 Å². The number of hydrogen-bond donors (Lipinski definition) is 0. The van der Waals surface area contributed by atoms with Crippen molar-refractivity contribution in [1.29, 1.82) is 0 Å². The second kappa shape index (κ2) is 14.0. The van der Waals surface area contributed by atoms with Crippen LogP contribution in [0.15, 0.2) is 146 Å². The van der Waals surface area contributed by atoms with Gasteiger partial charge in [0.15, 0.2) is 11.5 Å². The normalized spacial score (nSPS) is 11.7. The highest BCUT2D eigenvalue weighted by atomic mass is 15.6. The van der Waals surface area contributed by atoms with Crippen molar-refractivity contribution in [2.45, 2.75) is 51.6 Å². The number of aromatic nitrogens is 8. The summed E-state index contributed by atoms with van der Waals surface area (Å²) in [5.41, 5.74) is 8.78. The van der Waals surface area contributed by atoms with E-state index in [0.29, 0.717) is 5.82 Å². The van der Waals surface area contributed by atoms with E-state index < -0.39 is 5.54 Å². The average molecular weight is 669 g/mol. The molecule has 3 aromatic heterocycles. The number of rotatable bonds is 12. The quantitative estimate of drug-likeness (QED) is 0.122. The summed E-state index contributed by atoms with van der Waals surface area (Å²) in [5.74, 6) is 1.74. The maximum absolute atomic E-state index is 4.85. The van der Waals surface area contributed by atoms with Crippen LogP contribution in [0.3, 0.4) is 0 Å². The van der Waals surface area contributed by atoms with E-state index in [1.165, 1.54) is 5.56 Å². The van der Waals surface area contributed by atoms with Crippen molar-refractivity contribution < 1.29 is 0 Å². The molecule has 0 aliphatic carbocycles. The Bertz CT molecular complexity index is 2260. The molecule has 8 aromatic rings. The van der Waals surface area contributed by atoms with Crippen molar-refractivity contribution in [3.63, 3.8) is 0 Å². The van der Waals surface area contributed by atoms with Gasteiger partial charge in [0.1, 0.15) is 11.4 Å². The highest BCUT2D eigenvalue weighted by Crippen LogP contribution is 2.43. The highest BCUT2D eigenvalue weighted by Gasteiger charge is 2.42. The number of hydrogen-bond acceptors (Lipinski definition) is 5. The molecule has 51 heavy (non-hydrogen) atoms. The zero-order valence-electron chi connectivity index (χ0n) is 29.0. The second-order valence-electron chi connectivity index (χ2n) is 13.0. The molecule has 0 atom stereocenters. The molecule has 0 N–H and O–H groups in total. The van der Waals surface area contributed by atoms with Crippen LogP contribution in [0.1, 0.15) is 60.5 Å². The van der Waals surface area contributed by atoms with E-state index in [2.05, 4.69) is 151 Å². The first-order chi connectivity index (χ1) is 25.2. The van der Waals surface area contributed by atoms with Crippen molar-refractivity contribution in [2.24, 2.45) is 0 Å². The lowest BCUT2D eigenvalue weighted by molar-refractivity contribution is 0.451. The molecule has 0 unspecified atom stereocenters. The van der Waals surface area contributed by atoms with Gasteiger partial charge in [0, 0.05) is 18.1 Å². The van der Waals surface area contributed by atoms with Gasteiger partial charge in [-0.2, -0.15) is 5.10 Å². The number of aryl methyl sites for hydroxylation is 2. The molecule has 0 fully saturated rings. The summed E-state index contributed by atoms with van der Waals surface area (Å²) in [6.07, 6.45) is 3.94. The maximum atomic E-state index is 4.85. The molecule has 3 heterocycles. The largest absolute Gasteiger partial charge is 0.307 e. The third-order valence-electron chi connectivity index (χ3n) is 9.64. The molecule has 0 saturated heterocycles. The van der Waals surface area contributed by atoms with Crippen LogP contribution in [0, 0.1) is 0 Å². The maximum Gasteiger partial charge on any atom is 0.184 e. The lowest BCUT2D eigenvalue weighted by Gasteiger charge is -2.36. The van der Waals surface area contributed by atoms with E-state index in [0.717, 1.165) is 82.8 Å². The van der Waals surface area contributed by atoms with Gasteiger partial charge in [0.2, 0.25) is 0 Å². The van der Waals surface area contributed by atoms with Gasteiger partial charge in [0.25, 0.3) is 0 Å². The molecular weight excluding hydrogens is 629 g/mol. The Morgan fingerprint density at radius 1 is 0.588 bits per heavy atom. The zero-order chi connectivity index (χ0) is 34.6. The van der Waals surface area contributed by atoms with Gasteiger partial charge in [0.05, 0.1) is 12.2 Å². The molecule has 0 radical (unpaired) electrons. The first kappa shape index (κ1) is 32.1.